The van der Waals surface area contributed by atoms with E-state index in [1.54, 1.807) is 0 Å². The van der Waals surface area contributed by atoms with Gasteiger partial charge in [-0.25, -0.2) is 0 Å². The van der Waals surface area contributed by atoms with E-state index in [0.29, 0.717) is 16.6 Å². The van der Waals surface area contributed by atoms with Gasteiger partial charge in [0.05, 0.1) is 5.75 Å². The number of benzene rings is 2. The van der Waals surface area contributed by atoms with Crippen LogP contribution in [0.5, 0.6) is 0 Å². The third-order valence-electron chi connectivity index (χ3n) is 3.52. The van der Waals surface area contributed by atoms with Crippen molar-refractivity contribution in [1.29, 1.82) is 0 Å². The van der Waals surface area contributed by atoms with Gasteiger partial charge < -0.3 is 4.52 Å². The van der Waals surface area contributed by atoms with Gasteiger partial charge in [0, 0.05) is 15.6 Å². The molecule has 0 saturated carbocycles. The van der Waals surface area contributed by atoms with E-state index in [9.17, 15) is 4.79 Å². The van der Waals surface area contributed by atoms with Gasteiger partial charge in [-0.15, -0.1) is 0 Å². The minimum Gasteiger partial charge on any atom is -0.327 e. The van der Waals surface area contributed by atoms with E-state index < -0.39 is 0 Å². The molecule has 0 unspecified atom stereocenters. The van der Waals surface area contributed by atoms with Crippen molar-refractivity contribution in [2.24, 2.45) is 0 Å². The van der Waals surface area contributed by atoms with Crippen molar-refractivity contribution in [2.45, 2.75) is 18.6 Å². The Balaban J connectivity index is 1.62. The molecular formula is C18H15BrN2O2S. The lowest BCUT2D eigenvalue weighted by Gasteiger charge is -2.00. The zero-order chi connectivity index (χ0) is 16.9. The third-order valence-corrected chi connectivity index (χ3v) is 4.87. The fourth-order valence-electron chi connectivity index (χ4n) is 2.12. The maximum absolute atomic E-state index is 12.2. The summed E-state index contributed by atoms with van der Waals surface area (Å²) >= 11 is 4.64. The predicted octanol–water partition coefficient (Wildman–Crippen LogP) is 5.04. The first-order valence-electron chi connectivity index (χ1n) is 7.50. The van der Waals surface area contributed by atoms with E-state index in [-0.39, 0.29) is 11.5 Å². The molecule has 2 aromatic carbocycles. The lowest BCUT2D eigenvalue weighted by atomic mass is 10.1. The van der Waals surface area contributed by atoms with Gasteiger partial charge in [-0.3, -0.25) is 4.79 Å². The molecule has 0 spiro atoms. The first kappa shape index (κ1) is 16.9. The maximum atomic E-state index is 12.2. The molecule has 122 valence electrons. The summed E-state index contributed by atoms with van der Waals surface area (Å²) in [6.45, 7) is 2.09. The van der Waals surface area contributed by atoms with Gasteiger partial charge in [-0.05, 0) is 36.2 Å². The van der Waals surface area contributed by atoms with Crippen LogP contribution in [0.2, 0.25) is 0 Å². The van der Waals surface area contributed by atoms with Crippen molar-refractivity contribution in [3.63, 3.8) is 0 Å². The summed E-state index contributed by atoms with van der Waals surface area (Å²) in [5, 5.41) is 4.35. The first-order chi connectivity index (χ1) is 11.7. The maximum Gasteiger partial charge on any atom is 0.286 e. The second-order valence-electron chi connectivity index (χ2n) is 5.15. The van der Waals surface area contributed by atoms with Gasteiger partial charge >= 0.3 is 0 Å². The fourth-order valence-corrected chi connectivity index (χ4v) is 3.05. The van der Waals surface area contributed by atoms with E-state index in [1.807, 2.05) is 48.5 Å². The predicted molar refractivity (Wildman–Crippen MR) is 98.3 cm³/mol. The smallest absolute Gasteiger partial charge is 0.286 e. The van der Waals surface area contributed by atoms with Crippen LogP contribution in [-0.2, 0) is 6.42 Å². The fraction of sp³-hybridized carbons (Fsp3) is 0.167. The minimum atomic E-state index is 0.0473. The highest BCUT2D eigenvalue weighted by molar-refractivity contribution is 9.10. The summed E-state index contributed by atoms with van der Waals surface area (Å²) < 4.78 is 6.20. The lowest BCUT2D eigenvalue weighted by molar-refractivity contribution is 0.102. The molecular weight excluding hydrogens is 388 g/mol. The largest absolute Gasteiger partial charge is 0.327 e. The number of halogens is 1. The summed E-state index contributed by atoms with van der Waals surface area (Å²) in [7, 11) is 0. The molecule has 0 bridgehead atoms. The molecule has 0 aliphatic rings. The lowest BCUT2D eigenvalue weighted by Crippen LogP contribution is -2.02. The normalized spacial score (nSPS) is 10.8. The number of ketones is 1. The first-order valence-corrected chi connectivity index (χ1v) is 9.28. The van der Waals surface area contributed by atoms with E-state index in [2.05, 4.69) is 33.0 Å². The molecule has 0 aliphatic carbocycles. The van der Waals surface area contributed by atoms with Crippen LogP contribution in [0.25, 0.3) is 11.4 Å². The van der Waals surface area contributed by atoms with Crippen molar-refractivity contribution >= 4 is 33.5 Å². The molecule has 24 heavy (non-hydrogen) atoms. The minimum absolute atomic E-state index is 0.0473. The van der Waals surface area contributed by atoms with E-state index >= 15 is 0 Å². The van der Waals surface area contributed by atoms with Crippen molar-refractivity contribution in [3.8, 4) is 11.4 Å². The van der Waals surface area contributed by atoms with E-state index in [1.165, 1.54) is 17.3 Å². The molecule has 3 rings (SSSR count). The summed E-state index contributed by atoms with van der Waals surface area (Å²) in [4.78, 5) is 16.5. The molecule has 0 atom stereocenters. The zero-order valence-corrected chi connectivity index (χ0v) is 15.4. The molecule has 0 aliphatic heterocycles. The van der Waals surface area contributed by atoms with Crippen LogP contribution < -0.4 is 0 Å². The number of carbonyl (C=O) groups is 1. The molecule has 1 aromatic heterocycles. The van der Waals surface area contributed by atoms with Crippen LogP contribution in [0.4, 0.5) is 0 Å². The number of carbonyl (C=O) groups excluding carboxylic acids is 1. The van der Waals surface area contributed by atoms with Crippen molar-refractivity contribution in [1.82, 2.24) is 10.1 Å². The number of hydrogen-bond donors (Lipinski definition) is 0. The number of rotatable bonds is 6. The highest BCUT2D eigenvalue weighted by atomic mass is 79.9. The van der Waals surface area contributed by atoms with Crippen molar-refractivity contribution in [2.75, 3.05) is 5.75 Å². The Bertz CT molecular complexity index is 829. The molecule has 4 nitrogen and oxygen atoms in total. The molecule has 0 fully saturated rings. The highest BCUT2D eigenvalue weighted by Crippen LogP contribution is 2.23. The van der Waals surface area contributed by atoms with Crippen LogP contribution in [0.1, 0.15) is 22.8 Å². The van der Waals surface area contributed by atoms with Crippen LogP contribution in [0, 0.1) is 0 Å². The molecule has 0 radical (unpaired) electrons. The second-order valence-corrected chi connectivity index (χ2v) is 7.00. The molecule has 0 N–H and O–H groups in total. The Morgan fingerprint density at radius 1 is 1.12 bits per heavy atom. The topological polar surface area (TPSA) is 56.0 Å². The van der Waals surface area contributed by atoms with Crippen LogP contribution in [0.3, 0.4) is 0 Å². The van der Waals surface area contributed by atoms with Gasteiger partial charge in [-0.2, -0.15) is 4.98 Å². The Hall–Kier alpha value is -1.92. The van der Waals surface area contributed by atoms with Gasteiger partial charge in [0.15, 0.2) is 5.78 Å². The second kappa shape index (κ2) is 7.77. The number of nitrogens with zero attached hydrogens (tertiary/aromatic N) is 2. The van der Waals surface area contributed by atoms with Crippen LogP contribution in [0.15, 0.2) is 62.7 Å². The molecule has 6 heteroatoms. The zero-order valence-electron chi connectivity index (χ0n) is 13.0. The monoisotopic (exact) mass is 402 g/mol. The number of Topliss-reactive ketones (excluding diaryl/α,β-unsaturated/α-hetero) is 1. The summed E-state index contributed by atoms with van der Waals surface area (Å²) in [6, 6.07) is 15.3. The van der Waals surface area contributed by atoms with Gasteiger partial charge in [-0.1, -0.05) is 64.0 Å². The SMILES string of the molecule is CCc1ccc(C(=O)CSc2nc(-c3ccc(Br)cc3)no2)cc1. The van der Waals surface area contributed by atoms with Crippen molar-refractivity contribution < 1.29 is 9.32 Å². The van der Waals surface area contributed by atoms with Gasteiger partial charge in [0.1, 0.15) is 0 Å². The highest BCUT2D eigenvalue weighted by Gasteiger charge is 2.12. The molecule has 1 heterocycles. The molecule has 0 amide bonds. The van der Waals surface area contributed by atoms with Crippen molar-refractivity contribution in [3.05, 3.63) is 64.1 Å². The summed E-state index contributed by atoms with van der Waals surface area (Å²) in [6.07, 6.45) is 0.962. The summed E-state index contributed by atoms with van der Waals surface area (Å²) in [5.74, 6) is 0.837. The number of hydrogen-bond acceptors (Lipinski definition) is 5. The number of aromatic nitrogens is 2. The summed E-state index contributed by atoms with van der Waals surface area (Å²) in [5.41, 5.74) is 2.79. The molecule has 3 aromatic rings. The van der Waals surface area contributed by atoms with Crippen LogP contribution >= 0.6 is 27.7 Å². The number of thioether (sulfide) groups is 1. The average molecular weight is 403 g/mol. The Labute approximate surface area is 152 Å². The van der Waals surface area contributed by atoms with Gasteiger partial charge in [0.2, 0.25) is 5.82 Å². The Morgan fingerprint density at radius 2 is 1.83 bits per heavy atom. The molecule has 0 saturated heterocycles. The quantitative estimate of drug-likeness (QED) is 0.427. The van der Waals surface area contributed by atoms with Crippen LogP contribution in [-0.4, -0.2) is 21.7 Å². The van der Waals surface area contributed by atoms with E-state index in [4.69, 9.17) is 4.52 Å². The Kier molecular flexibility index (Phi) is 5.48. The Morgan fingerprint density at radius 3 is 2.50 bits per heavy atom. The standard InChI is InChI=1S/C18H15BrN2O2S/c1-2-12-3-5-13(6-4-12)16(22)11-24-18-20-17(21-23-18)14-7-9-15(19)10-8-14/h3-10H,2,11H2,1H3. The van der Waals surface area contributed by atoms with E-state index in [0.717, 1.165) is 16.5 Å². The number of aryl methyl sites for hydroxylation is 1. The average Bonchev–Trinajstić information content (AvgIpc) is 3.09. The van der Waals surface area contributed by atoms with Gasteiger partial charge in [0.25, 0.3) is 5.22 Å². The third kappa shape index (κ3) is 4.13.